The van der Waals surface area contributed by atoms with E-state index in [4.69, 9.17) is 0 Å². The van der Waals surface area contributed by atoms with Crippen molar-refractivity contribution < 1.29 is 0 Å². The van der Waals surface area contributed by atoms with Gasteiger partial charge in [-0.15, -0.1) is 6.58 Å². The van der Waals surface area contributed by atoms with Crippen LogP contribution in [0.1, 0.15) is 11.1 Å². The molecule has 0 aliphatic carbocycles. The molecule has 1 heterocycles. The molecule has 24 heavy (non-hydrogen) atoms. The SMILES string of the molecule is C=CCn1c(SCc2ccccc2C#N)nc2ccccc2c1=O. The third-order valence-corrected chi connectivity index (χ3v) is 4.66. The number of nitrogens with zero attached hydrogens (tertiary/aromatic N) is 3. The lowest BCUT2D eigenvalue weighted by molar-refractivity contribution is 0.671. The lowest BCUT2D eigenvalue weighted by Crippen LogP contribution is -2.22. The Morgan fingerprint density at radius 2 is 1.96 bits per heavy atom. The standard InChI is InChI=1S/C19H15N3OS/c1-2-11-22-18(23)16-9-5-6-10-17(16)21-19(22)24-13-15-8-4-3-7-14(15)12-20/h2-10H,1,11,13H2. The maximum atomic E-state index is 12.7. The summed E-state index contributed by atoms with van der Waals surface area (Å²) >= 11 is 1.45. The molecule has 3 rings (SSSR count). The molecule has 2 aromatic carbocycles. The first-order valence-electron chi connectivity index (χ1n) is 7.46. The van der Waals surface area contributed by atoms with Crippen LogP contribution >= 0.6 is 11.8 Å². The van der Waals surface area contributed by atoms with Gasteiger partial charge in [-0.25, -0.2) is 4.98 Å². The minimum atomic E-state index is -0.0726. The van der Waals surface area contributed by atoms with Crippen LogP contribution in [0.4, 0.5) is 0 Å². The molecule has 0 N–H and O–H groups in total. The predicted octanol–water partition coefficient (Wildman–Crippen LogP) is 3.75. The number of para-hydroxylation sites is 1. The predicted molar refractivity (Wildman–Crippen MR) is 96.9 cm³/mol. The van der Waals surface area contributed by atoms with Crippen molar-refractivity contribution in [3.63, 3.8) is 0 Å². The van der Waals surface area contributed by atoms with Crippen molar-refractivity contribution >= 4 is 22.7 Å². The van der Waals surface area contributed by atoms with Crippen molar-refractivity contribution in [2.75, 3.05) is 0 Å². The molecule has 0 fully saturated rings. The van der Waals surface area contributed by atoms with E-state index in [9.17, 15) is 10.1 Å². The van der Waals surface area contributed by atoms with Gasteiger partial charge in [0.1, 0.15) is 0 Å². The van der Waals surface area contributed by atoms with Gasteiger partial charge in [0.2, 0.25) is 0 Å². The maximum Gasteiger partial charge on any atom is 0.262 e. The zero-order chi connectivity index (χ0) is 16.9. The van der Waals surface area contributed by atoms with Crippen molar-refractivity contribution in [3.8, 4) is 6.07 Å². The lowest BCUT2D eigenvalue weighted by Gasteiger charge is -2.11. The Bertz CT molecular complexity index is 1000. The summed E-state index contributed by atoms with van der Waals surface area (Å²) in [5.74, 6) is 0.575. The van der Waals surface area contributed by atoms with Gasteiger partial charge in [-0.2, -0.15) is 5.26 Å². The summed E-state index contributed by atoms with van der Waals surface area (Å²) < 4.78 is 1.62. The molecule has 0 radical (unpaired) electrons. The number of nitriles is 1. The van der Waals surface area contributed by atoms with Gasteiger partial charge in [-0.05, 0) is 23.8 Å². The van der Waals surface area contributed by atoms with Gasteiger partial charge in [0.15, 0.2) is 5.16 Å². The average Bonchev–Trinajstić information content (AvgIpc) is 2.63. The minimum Gasteiger partial charge on any atom is -0.283 e. The van der Waals surface area contributed by atoms with Gasteiger partial charge < -0.3 is 0 Å². The number of benzene rings is 2. The van der Waals surface area contributed by atoms with Gasteiger partial charge in [-0.1, -0.05) is 48.2 Å². The third kappa shape index (κ3) is 3.10. The molecule has 0 saturated carbocycles. The summed E-state index contributed by atoms with van der Waals surface area (Å²) in [6, 6.07) is 17.0. The highest BCUT2D eigenvalue weighted by Gasteiger charge is 2.11. The van der Waals surface area contributed by atoms with Crippen LogP contribution in [-0.2, 0) is 12.3 Å². The normalized spacial score (nSPS) is 10.5. The van der Waals surface area contributed by atoms with Crippen LogP contribution in [0.2, 0.25) is 0 Å². The van der Waals surface area contributed by atoms with Gasteiger partial charge in [0.25, 0.3) is 5.56 Å². The van der Waals surface area contributed by atoms with E-state index in [2.05, 4.69) is 17.6 Å². The molecule has 0 amide bonds. The molecular weight excluding hydrogens is 318 g/mol. The Morgan fingerprint density at radius 3 is 2.75 bits per heavy atom. The Balaban J connectivity index is 2.02. The summed E-state index contributed by atoms with van der Waals surface area (Å²) in [5.41, 5.74) is 2.18. The smallest absolute Gasteiger partial charge is 0.262 e. The Morgan fingerprint density at radius 1 is 1.21 bits per heavy atom. The number of rotatable bonds is 5. The van der Waals surface area contributed by atoms with Crippen LogP contribution in [0.5, 0.6) is 0 Å². The Hall–Kier alpha value is -2.84. The van der Waals surface area contributed by atoms with E-state index in [0.717, 1.165) is 5.56 Å². The minimum absolute atomic E-state index is 0.0726. The molecule has 0 saturated heterocycles. The van der Waals surface area contributed by atoms with Crippen molar-refractivity contribution in [1.82, 2.24) is 9.55 Å². The summed E-state index contributed by atoms with van der Waals surface area (Å²) in [5, 5.41) is 10.4. The van der Waals surface area contributed by atoms with Gasteiger partial charge >= 0.3 is 0 Å². The van der Waals surface area contributed by atoms with Crippen molar-refractivity contribution in [2.45, 2.75) is 17.5 Å². The summed E-state index contributed by atoms with van der Waals surface area (Å²) in [6.07, 6.45) is 1.69. The highest BCUT2D eigenvalue weighted by molar-refractivity contribution is 7.98. The molecule has 0 spiro atoms. The fourth-order valence-electron chi connectivity index (χ4n) is 2.45. The molecule has 3 aromatic rings. The Kier molecular flexibility index (Phi) is 4.78. The number of hydrogen-bond donors (Lipinski definition) is 0. The molecule has 0 aliphatic heterocycles. The molecule has 4 nitrogen and oxygen atoms in total. The Labute approximate surface area is 144 Å². The first-order chi connectivity index (χ1) is 11.7. The van der Waals surface area contributed by atoms with Crippen LogP contribution in [-0.4, -0.2) is 9.55 Å². The van der Waals surface area contributed by atoms with Gasteiger partial charge in [-0.3, -0.25) is 9.36 Å². The highest BCUT2D eigenvalue weighted by Crippen LogP contribution is 2.23. The first kappa shape index (κ1) is 16.0. The van der Waals surface area contributed by atoms with E-state index in [0.29, 0.717) is 33.9 Å². The van der Waals surface area contributed by atoms with Crippen molar-refractivity contribution in [2.24, 2.45) is 0 Å². The second-order valence-corrected chi connectivity index (χ2v) is 6.12. The van der Waals surface area contributed by atoms with E-state index >= 15 is 0 Å². The van der Waals surface area contributed by atoms with Crippen LogP contribution in [0.15, 0.2) is 71.1 Å². The molecule has 118 valence electrons. The monoisotopic (exact) mass is 333 g/mol. The number of aromatic nitrogens is 2. The fourth-order valence-corrected chi connectivity index (χ4v) is 3.46. The summed E-state index contributed by atoms with van der Waals surface area (Å²) in [4.78, 5) is 17.3. The van der Waals surface area contributed by atoms with E-state index in [-0.39, 0.29) is 5.56 Å². The van der Waals surface area contributed by atoms with Crippen LogP contribution in [0.25, 0.3) is 10.9 Å². The summed E-state index contributed by atoms with van der Waals surface area (Å²) in [6.45, 7) is 4.13. The van der Waals surface area contributed by atoms with Crippen molar-refractivity contribution in [3.05, 3.63) is 82.7 Å². The maximum absolute atomic E-state index is 12.7. The molecule has 5 heteroatoms. The van der Waals surface area contributed by atoms with Crippen LogP contribution < -0.4 is 5.56 Å². The van der Waals surface area contributed by atoms with E-state index in [1.165, 1.54) is 11.8 Å². The molecule has 0 atom stereocenters. The molecule has 1 aromatic heterocycles. The quantitative estimate of drug-likeness (QED) is 0.405. The topological polar surface area (TPSA) is 58.7 Å². The van der Waals surface area contributed by atoms with Crippen molar-refractivity contribution in [1.29, 1.82) is 5.26 Å². The first-order valence-corrected chi connectivity index (χ1v) is 8.44. The number of fused-ring (bicyclic) bond motifs is 1. The zero-order valence-corrected chi connectivity index (χ0v) is 13.8. The number of hydrogen-bond acceptors (Lipinski definition) is 4. The molecule has 0 bridgehead atoms. The largest absolute Gasteiger partial charge is 0.283 e. The highest BCUT2D eigenvalue weighted by atomic mass is 32.2. The summed E-state index contributed by atoms with van der Waals surface area (Å²) in [7, 11) is 0. The number of allylic oxidation sites excluding steroid dienone is 1. The van der Waals surface area contributed by atoms with E-state index in [1.807, 2.05) is 36.4 Å². The lowest BCUT2D eigenvalue weighted by atomic mass is 10.1. The zero-order valence-electron chi connectivity index (χ0n) is 13.0. The molecule has 0 unspecified atom stereocenters. The second kappa shape index (κ2) is 7.16. The second-order valence-electron chi connectivity index (χ2n) is 5.17. The van der Waals surface area contributed by atoms with Gasteiger partial charge in [0.05, 0.1) is 22.5 Å². The van der Waals surface area contributed by atoms with E-state index in [1.54, 1.807) is 22.8 Å². The average molecular weight is 333 g/mol. The molecular formula is C19H15N3OS. The van der Waals surface area contributed by atoms with Gasteiger partial charge in [0, 0.05) is 12.3 Å². The third-order valence-electron chi connectivity index (χ3n) is 3.63. The molecule has 0 aliphatic rings. The van der Waals surface area contributed by atoms with Crippen LogP contribution in [0.3, 0.4) is 0 Å². The van der Waals surface area contributed by atoms with E-state index < -0.39 is 0 Å². The fraction of sp³-hybridized carbons (Fsp3) is 0.105. The van der Waals surface area contributed by atoms with Crippen LogP contribution in [0, 0.1) is 11.3 Å². The number of thioether (sulfide) groups is 1.